The number of benzene rings is 2. The summed E-state index contributed by atoms with van der Waals surface area (Å²) in [5, 5.41) is 10.4. The van der Waals surface area contributed by atoms with Crippen molar-refractivity contribution in [3.05, 3.63) is 59.2 Å². The van der Waals surface area contributed by atoms with Gasteiger partial charge in [-0.05, 0) is 23.6 Å². The van der Waals surface area contributed by atoms with E-state index in [4.69, 9.17) is 9.47 Å². The van der Waals surface area contributed by atoms with E-state index in [-0.39, 0.29) is 6.61 Å². The lowest BCUT2D eigenvalue weighted by Crippen LogP contribution is -2.38. The van der Waals surface area contributed by atoms with Crippen molar-refractivity contribution in [3.63, 3.8) is 0 Å². The fraction of sp³-hybridized carbons (Fsp3) is 0.400. The van der Waals surface area contributed by atoms with Crippen LogP contribution in [0.1, 0.15) is 16.7 Å². The van der Waals surface area contributed by atoms with Crippen LogP contribution in [0.3, 0.4) is 0 Å². The summed E-state index contributed by atoms with van der Waals surface area (Å²) in [5.41, 5.74) is 3.98. The van der Waals surface area contributed by atoms with Crippen molar-refractivity contribution in [2.75, 3.05) is 26.3 Å². The van der Waals surface area contributed by atoms with E-state index < -0.39 is 6.10 Å². The van der Waals surface area contributed by atoms with Crippen LogP contribution < -0.4 is 9.47 Å². The third-order valence-electron chi connectivity index (χ3n) is 4.79. The number of para-hydroxylation sites is 1. The molecule has 4 heteroatoms. The molecule has 0 fully saturated rings. The van der Waals surface area contributed by atoms with E-state index in [2.05, 4.69) is 35.2 Å². The maximum Gasteiger partial charge on any atom is 0.164 e. The van der Waals surface area contributed by atoms with Crippen LogP contribution in [0, 0.1) is 0 Å². The summed E-state index contributed by atoms with van der Waals surface area (Å²) in [4.78, 5) is 2.29. The Morgan fingerprint density at radius 1 is 1.04 bits per heavy atom. The SMILES string of the molecule is OC(COc1cccc2c1OCC2)CN1CCc2ccccc2C1. The van der Waals surface area contributed by atoms with Crippen LogP contribution in [0.2, 0.25) is 0 Å². The Labute approximate surface area is 142 Å². The Bertz CT molecular complexity index is 716. The molecule has 1 unspecified atom stereocenters. The molecule has 0 saturated carbocycles. The number of hydrogen-bond acceptors (Lipinski definition) is 4. The van der Waals surface area contributed by atoms with E-state index in [1.54, 1.807) is 0 Å². The second-order valence-corrected chi connectivity index (χ2v) is 6.56. The van der Waals surface area contributed by atoms with Crippen LogP contribution >= 0.6 is 0 Å². The molecule has 0 amide bonds. The number of hydrogen-bond donors (Lipinski definition) is 1. The van der Waals surface area contributed by atoms with Crippen LogP contribution in [0.4, 0.5) is 0 Å². The average Bonchev–Trinajstić information content (AvgIpc) is 3.09. The highest BCUT2D eigenvalue weighted by Crippen LogP contribution is 2.35. The zero-order chi connectivity index (χ0) is 16.4. The van der Waals surface area contributed by atoms with Crippen LogP contribution in [0.25, 0.3) is 0 Å². The molecule has 0 aliphatic carbocycles. The van der Waals surface area contributed by atoms with Gasteiger partial charge in [0, 0.05) is 31.6 Å². The molecule has 4 nitrogen and oxygen atoms in total. The second kappa shape index (κ2) is 6.83. The van der Waals surface area contributed by atoms with Gasteiger partial charge in [-0.15, -0.1) is 0 Å². The molecule has 1 atom stereocenters. The van der Waals surface area contributed by atoms with Gasteiger partial charge in [0.2, 0.25) is 0 Å². The molecule has 24 heavy (non-hydrogen) atoms. The van der Waals surface area contributed by atoms with E-state index in [1.807, 2.05) is 12.1 Å². The largest absolute Gasteiger partial charge is 0.489 e. The third kappa shape index (κ3) is 3.25. The van der Waals surface area contributed by atoms with Gasteiger partial charge in [0.1, 0.15) is 12.7 Å². The molecule has 0 spiro atoms. The molecular formula is C20H23NO3. The third-order valence-corrected chi connectivity index (χ3v) is 4.79. The topological polar surface area (TPSA) is 41.9 Å². The zero-order valence-corrected chi connectivity index (χ0v) is 13.8. The molecule has 0 aromatic heterocycles. The van der Waals surface area contributed by atoms with Gasteiger partial charge in [0.05, 0.1) is 6.61 Å². The predicted molar refractivity (Wildman–Crippen MR) is 92.6 cm³/mol. The minimum atomic E-state index is -0.507. The van der Waals surface area contributed by atoms with Crippen molar-refractivity contribution >= 4 is 0 Å². The molecule has 2 aliphatic heterocycles. The van der Waals surface area contributed by atoms with Crippen molar-refractivity contribution < 1.29 is 14.6 Å². The number of ether oxygens (including phenoxy) is 2. The maximum atomic E-state index is 10.4. The first-order valence-electron chi connectivity index (χ1n) is 8.64. The summed E-state index contributed by atoms with van der Waals surface area (Å²) in [6, 6.07) is 14.5. The number of β-amino-alcohol motifs (C(OH)–C–C–N with tert-alkyl or cyclic N) is 1. The standard InChI is InChI=1S/C20H23NO3/c22-18(13-21-10-8-15-4-1-2-5-17(15)12-21)14-24-19-7-3-6-16-9-11-23-20(16)19/h1-7,18,22H,8-14H2. The lowest BCUT2D eigenvalue weighted by molar-refractivity contribution is 0.0628. The Morgan fingerprint density at radius 3 is 2.79 bits per heavy atom. The second-order valence-electron chi connectivity index (χ2n) is 6.56. The van der Waals surface area contributed by atoms with Crippen LogP contribution in [-0.4, -0.2) is 42.4 Å². The summed E-state index contributed by atoms with van der Waals surface area (Å²) >= 11 is 0. The van der Waals surface area contributed by atoms with Gasteiger partial charge in [0.25, 0.3) is 0 Å². The highest BCUT2D eigenvalue weighted by atomic mass is 16.5. The molecule has 126 valence electrons. The van der Waals surface area contributed by atoms with Gasteiger partial charge in [-0.2, -0.15) is 0 Å². The van der Waals surface area contributed by atoms with Crippen molar-refractivity contribution in [3.8, 4) is 11.5 Å². The quantitative estimate of drug-likeness (QED) is 0.917. The first kappa shape index (κ1) is 15.5. The fourth-order valence-electron chi connectivity index (χ4n) is 3.55. The average molecular weight is 325 g/mol. The van der Waals surface area contributed by atoms with E-state index in [0.717, 1.165) is 37.4 Å². The highest BCUT2D eigenvalue weighted by Gasteiger charge is 2.20. The fourth-order valence-corrected chi connectivity index (χ4v) is 3.55. The molecule has 1 N–H and O–H groups in total. The lowest BCUT2D eigenvalue weighted by atomic mass is 10.00. The Morgan fingerprint density at radius 2 is 1.88 bits per heavy atom. The molecule has 0 saturated heterocycles. The minimum Gasteiger partial charge on any atom is -0.489 e. The minimum absolute atomic E-state index is 0.290. The number of rotatable bonds is 5. The summed E-state index contributed by atoms with van der Waals surface area (Å²) < 4.78 is 11.5. The summed E-state index contributed by atoms with van der Waals surface area (Å²) in [6.45, 7) is 3.52. The number of nitrogens with zero attached hydrogens (tertiary/aromatic N) is 1. The first-order chi connectivity index (χ1) is 11.8. The normalized spacial score (nSPS) is 17.7. The van der Waals surface area contributed by atoms with Gasteiger partial charge in [-0.25, -0.2) is 0 Å². The number of fused-ring (bicyclic) bond motifs is 2. The summed E-state index contributed by atoms with van der Waals surface area (Å²) in [7, 11) is 0. The summed E-state index contributed by atoms with van der Waals surface area (Å²) in [5.74, 6) is 1.59. The van der Waals surface area contributed by atoms with Crippen molar-refractivity contribution in [1.29, 1.82) is 0 Å². The Hall–Kier alpha value is -2.04. The monoisotopic (exact) mass is 325 g/mol. The van der Waals surface area contributed by atoms with E-state index in [1.165, 1.54) is 16.7 Å². The van der Waals surface area contributed by atoms with E-state index in [9.17, 15) is 5.11 Å². The van der Waals surface area contributed by atoms with Crippen LogP contribution in [-0.2, 0) is 19.4 Å². The molecule has 2 aromatic carbocycles. The molecule has 0 radical (unpaired) electrons. The molecule has 2 aromatic rings. The Kier molecular flexibility index (Phi) is 4.41. The van der Waals surface area contributed by atoms with Gasteiger partial charge in [-0.1, -0.05) is 36.4 Å². The lowest BCUT2D eigenvalue weighted by Gasteiger charge is -2.30. The zero-order valence-electron chi connectivity index (χ0n) is 13.8. The van der Waals surface area contributed by atoms with E-state index >= 15 is 0 Å². The highest BCUT2D eigenvalue weighted by molar-refractivity contribution is 5.48. The van der Waals surface area contributed by atoms with Gasteiger partial charge < -0.3 is 14.6 Å². The number of aliphatic hydroxyl groups is 1. The molecule has 2 aliphatic rings. The van der Waals surface area contributed by atoms with Crippen LogP contribution in [0.5, 0.6) is 11.5 Å². The van der Waals surface area contributed by atoms with Gasteiger partial charge in [-0.3, -0.25) is 4.90 Å². The Balaban J connectivity index is 1.32. The smallest absolute Gasteiger partial charge is 0.164 e. The van der Waals surface area contributed by atoms with Crippen molar-refractivity contribution in [2.45, 2.75) is 25.5 Å². The molecule has 2 heterocycles. The molecule has 0 bridgehead atoms. The van der Waals surface area contributed by atoms with Gasteiger partial charge >= 0.3 is 0 Å². The van der Waals surface area contributed by atoms with Gasteiger partial charge in [0.15, 0.2) is 11.5 Å². The predicted octanol–water partition coefficient (Wildman–Crippen LogP) is 2.42. The molecule has 4 rings (SSSR count). The van der Waals surface area contributed by atoms with E-state index in [0.29, 0.717) is 13.2 Å². The van der Waals surface area contributed by atoms with Crippen molar-refractivity contribution in [1.82, 2.24) is 4.90 Å². The van der Waals surface area contributed by atoms with Crippen molar-refractivity contribution in [2.24, 2.45) is 0 Å². The number of aliphatic hydroxyl groups excluding tert-OH is 1. The summed E-state index contributed by atoms with van der Waals surface area (Å²) in [6.07, 6.45) is 1.47. The van der Waals surface area contributed by atoms with Crippen LogP contribution in [0.15, 0.2) is 42.5 Å². The first-order valence-corrected chi connectivity index (χ1v) is 8.64. The maximum absolute atomic E-state index is 10.4. The molecular weight excluding hydrogens is 302 g/mol.